The van der Waals surface area contributed by atoms with Gasteiger partial charge in [0.05, 0.1) is 19.3 Å². The average molecular weight is 314 g/mol. The zero-order valence-corrected chi connectivity index (χ0v) is 13.0. The summed E-state index contributed by atoms with van der Waals surface area (Å²) in [5.41, 5.74) is 5.86. The van der Waals surface area contributed by atoms with E-state index in [1.807, 2.05) is 0 Å². The Morgan fingerprint density at radius 1 is 1.52 bits per heavy atom. The Kier molecular flexibility index (Phi) is 5.77. The number of nitrogen functional groups attached to an aromatic ring is 1. The van der Waals surface area contributed by atoms with E-state index in [0.29, 0.717) is 4.88 Å². The van der Waals surface area contributed by atoms with Crippen molar-refractivity contribution in [3.63, 3.8) is 0 Å². The van der Waals surface area contributed by atoms with Gasteiger partial charge in [-0.15, -0.1) is 0 Å². The maximum atomic E-state index is 12.2. The summed E-state index contributed by atoms with van der Waals surface area (Å²) >= 11 is 1.30. The minimum atomic E-state index is -0.442. The Bertz CT molecular complexity index is 474. The first-order valence-electron chi connectivity index (χ1n) is 7.07. The number of anilines is 2. The molecule has 21 heavy (non-hydrogen) atoms. The van der Waals surface area contributed by atoms with Crippen molar-refractivity contribution in [1.82, 2.24) is 10.3 Å². The van der Waals surface area contributed by atoms with Crippen LogP contribution in [-0.4, -0.2) is 55.5 Å². The number of piperidine rings is 1. The van der Waals surface area contributed by atoms with E-state index in [2.05, 4.69) is 15.2 Å². The van der Waals surface area contributed by atoms with Gasteiger partial charge in [0, 0.05) is 20.2 Å². The molecule has 4 N–H and O–H groups in total. The fraction of sp³-hybridized carbons (Fsp3) is 0.692. The quantitative estimate of drug-likeness (QED) is 0.705. The van der Waals surface area contributed by atoms with Gasteiger partial charge >= 0.3 is 0 Å². The van der Waals surface area contributed by atoms with E-state index in [-0.39, 0.29) is 24.9 Å². The van der Waals surface area contributed by atoms with E-state index in [9.17, 15) is 9.90 Å². The predicted octanol–water partition coefficient (Wildman–Crippen LogP) is 0.453. The second-order valence-electron chi connectivity index (χ2n) is 5.07. The summed E-state index contributed by atoms with van der Waals surface area (Å²) in [5, 5.41) is 12.7. The van der Waals surface area contributed by atoms with Crippen LogP contribution in [0.1, 0.15) is 28.9 Å². The molecule has 1 aromatic heterocycles. The summed E-state index contributed by atoms with van der Waals surface area (Å²) in [6.07, 6.45) is 3.52. The summed E-state index contributed by atoms with van der Waals surface area (Å²) in [6, 6.07) is -0.442. The summed E-state index contributed by atoms with van der Waals surface area (Å²) < 4.78 is 4.94. The third-order valence-electron chi connectivity index (χ3n) is 3.40. The molecule has 118 valence electrons. The lowest BCUT2D eigenvalue weighted by Gasteiger charge is -2.25. The van der Waals surface area contributed by atoms with Crippen LogP contribution in [0, 0.1) is 0 Å². The van der Waals surface area contributed by atoms with Gasteiger partial charge in [-0.05, 0) is 19.3 Å². The van der Waals surface area contributed by atoms with Crippen LogP contribution < -0.4 is 16.0 Å². The minimum absolute atomic E-state index is 0.183. The zero-order chi connectivity index (χ0) is 15.2. The average Bonchev–Trinajstić information content (AvgIpc) is 2.89. The molecule has 0 radical (unpaired) electrons. The highest BCUT2D eigenvalue weighted by Crippen LogP contribution is 2.29. The molecule has 1 aromatic rings. The topological polar surface area (TPSA) is 101 Å². The number of aromatic nitrogens is 1. The highest BCUT2D eigenvalue weighted by atomic mass is 32.1. The van der Waals surface area contributed by atoms with Crippen molar-refractivity contribution >= 4 is 28.2 Å². The van der Waals surface area contributed by atoms with Crippen LogP contribution in [0.3, 0.4) is 0 Å². The summed E-state index contributed by atoms with van der Waals surface area (Å²) in [5.74, 6) is -0.0726. The van der Waals surface area contributed by atoms with Crippen LogP contribution in [0.4, 0.5) is 10.9 Å². The van der Waals surface area contributed by atoms with Crippen LogP contribution >= 0.6 is 11.3 Å². The summed E-state index contributed by atoms with van der Waals surface area (Å²) in [6.45, 7) is 1.98. The molecule has 2 heterocycles. The normalized spacial score (nSPS) is 16.8. The second kappa shape index (κ2) is 7.58. The van der Waals surface area contributed by atoms with Crippen LogP contribution in [0.5, 0.6) is 0 Å². The fourth-order valence-corrected chi connectivity index (χ4v) is 3.24. The van der Waals surface area contributed by atoms with Gasteiger partial charge in [0.15, 0.2) is 5.13 Å². The standard InChI is InChI=1S/C13H22N4O3S/c1-20-8-9(7-18)15-12(19)10-11(14)16-13(21-10)17-5-3-2-4-6-17/h9,18H,2-8,14H2,1H3,(H,15,19). The molecular weight excluding hydrogens is 292 g/mol. The van der Waals surface area contributed by atoms with Gasteiger partial charge in [-0.25, -0.2) is 4.98 Å². The Balaban J connectivity index is 2.05. The lowest BCUT2D eigenvalue weighted by atomic mass is 10.1. The number of ether oxygens (including phenoxy) is 1. The molecular formula is C13H22N4O3S. The number of nitrogens with one attached hydrogen (secondary N) is 1. The molecule has 1 aliphatic rings. The first-order chi connectivity index (χ1) is 10.2. The van der Waals surface area contributed by atoms with Gasteiger partial charge in [0.25, 0.3) is 5.91 Å². The van der Waals surface area contributed by atoms with Gasteiger partial charge in [0.1, 0.15) is 10.7 Å². The van der Waals surface area contributed by atoms with Crippen molar-refractivity contribution in [2.75, 3.05) is 44.0 Å². The van der Waals surface area contributed by atoms with Gasteiger partial charge < -0.3 is 25.8 Å². The largest absolute Gasteiger partial charge is 0.394 e. The molecule has 0 bridgehead atoms. The molecule has 0 spiro atoms. The van der Waals surface area contributed by atoms with Gasteiger partial charge in [-0.2, -0.15) is 0 Å². The number of carbonyl (C=O) groups excluding carboxylic acids is 1. The molecule has 2 rings (SSSR count). The Morgan fingerprint density at radius 2 is 2.24 bits per heavy atom. The monoisotopic (exact) mass is 314 g/mol. The second-order valence-corrected chi connectivity index (χ2v) is 6.04. The third kappa shape index (κ3) is 4.05. The number of amides is 1. The van der Waals surface area contributed by atoms with Gasteiger partial charge in [-0.1, -0.05) is 11.3 Å². The lowest BCUT2D eigenvalue weighted by molar-refractivity contribution is 0.0844. The van der Waals surface area contributed by atoms with Crippen molar-refractivity contribution < 1.29 is 14.6 Å². The zero-order valence-electron chi connectivity index (χ0n) is 12.2. The van der Waals surface area contributed by atoms with E-state index in [1.165, 1.54) is 24.9 Å². The van der Waals surface area contributed by atoms with E-state index in [0.717, 1.165) is 31.1 Å². The van der Waals surface area contributed by atoms with Crippen molar-refractivity contribution in [3.8, 4) is 0 Å². The minimum Gasteiger partial charge on any atom is -0.394 e. The maximum Gasteiger partial charge on any atom is 0.265 e. The molecule has 0 aliphatic carbocycles. The molecule has 1 atom stereocenters. The van der Waals surface area contributed by atoms with Gasteiger partial charge in [0.2, 0.25) is 0 Å². The molecule has 1 unspecified atom stereocenters. The Morgan fingerprint density at radius 3 is 2.86 bits per heavy atom. The highest BCUT2D eigenvalue weighted by Gasteiger charge is 2.22. The Hall–Kier alpha value is -1.38. The van der Waals surface area contributed by atoms with Crippen molar-refractivity contribution in [2.45, 2.75) is 25.3 Å². The summed E-state index contributed by atoms with van der Waals surface area (Å²) in [4.78, 5) is 19.1. The number of aliphatic hydroxyl groups excluding tert-OH is 1. The molecule has 0 saturated carbocycles. The first-order valence-corrected chi connectivity index (χ1v) is 7.89. The summed E-state index contributed by atoms with van der Waals surface area (Å²) in [7, 11) is 1.52. The lowest BCUT2D eigenvalue weighted by Crippen LogP contribution is -2.40. The smallest absolute Gasteiger partial charge is 0.265 e. The van der Waals surface area contributed by atoms with Crippen molar-refractivity contribution in [1.29, 1.82) is 0 Å². The van der Waals surface area contributed by atoms with Crippen LogP contribution in [0.2, 0.25) is 0 Å². The number of hydrogen-bond acceptors (Lipinski definition) is 7. The maximum absolute atomic E-state index is 12.2. The highest BCUT2D eigenvalue weighted by molar-refractivity contribution is 7.18. The Labute approximate surface area is 128 Å². The number of thiazole rings is 1. The molecule has 0 aromatic carbocycles. The molecule has 1 aliphatic heterocycles. The van der Waals surface area contributed by atoms with E-state index < -0.39 is 6.04 Å². The number of aliphatic hydroxyl groups is 1. The van der Waals surface area contributed by atoms with Gasteiger partial charge in [-0.3, -0.25) is 4.79 Å². The molecule has 1 fully saturated rings. The number of methoxy groups -OCH3 is 1. The van der Waals surface area contributed by atoms with Crippen molar-refractivity contribution in [3.05, 3.63) is 4.88 Å². The van der Waals surface area contributed by atoms with Crippen LogP contribution in [-0.2, 0) is 4.74 Å². The fourth-order valence-electron chi connectivity index (χ4n) is 2.30. The molecule has 7 nitrogen and oxygen atoms in total. The van der Waals surface area contributed by atoms with Crippen LogP contribution in [0.15, 0.2) is 0 Å². The van der Waals surface area contributed by atoms with Crippen LogP contribution in [0.25, 0.3) is 0 Å². The number of nitrogens with zero attached hydrogens (tertiary/aromatic N) is 2. The SMILES string of the molecule is COCC(CO)NC(=O)c1sc(N2CCCCC2)nc1N. The number of carbonyl (C=O) groups is 1. The van der Waals surface area contributed by atoms with E-state index in [4.69, 9.17) is 10.5 Å². The first kappa shape index (κ1) is 16.0. The molecule has 1 saturated heterocycles. The number of nitrogens with two attached hydrogens (primary N) is 1. The molecule has 8 heteroatoms. The molecule has 1 amide bonds. The number of rotatable bonds is 6. The van der Waals surface area contributed by atoms with Crippen molar-refractivity contribution in [2.24, 2.45) is 0 Å². The van der Waals surface area contributed by atoms with E-state index >= 15 is 0 Å². The third-order valence-corrected chi connectivity index (χ3v) is 4.53. The predicted molar refractivity (Wildman–Crippen MR) is 82.8 cm³/mol. The number of hydrogen-bond donors (Lipinski definition) is 3. The van der Waals surface area contributed by atoms with E-state index in [1.54, 1.807) is 0 Å².